The van der Waals surface area contributed by atoms with Crippen LogP contribution < -0.4 is 16.0 Å². The van der Waals surface area contributed by atoms with Crippen LogP contribution in [0.4, 0.5) is 17.1 Å². The van der Waals surface area contributed by atoms with Gasteiger partial charge >= 0.3 is 0 Å². The van der Waals surface area contributed by atoms with Crippen LogP contribution in [0.2, 0.25) is 0 Å². The molecule has 2 aliphatic carbocycles. The summed E-state index contributed by atoms with van der Waals surface area (Å²) in [5.41, 5.74) is 2.16. The van der Waals surface area contributed by atoms with Gasteiger partial charge in [-0.25, -0.2) is 0 Å². The summed E-state index contributed by atoms with van der Waals surface area (Å²) in [4.78, 5) is 39.2. The quantitative estimate of drug-likeness (QED) is 0.329. The van der Waals surface area contributed by atoms with Crippen molar-refractivity contribution in [3.63, 3.8) is 0 Å². The molecule has 6 heteroatoms. The van der Waals surface area contributed by atoms with E-state index in [1.54, 1.807) is 12.1 Å². The smallest absolute Gasteiger partial charge is 0.227 e. The van der Waals surface area contributed by atoms with Gasteiger partial charge in [-0.2, -0.15) is 0 Å². The fourth-order valence-corrected chi connectivity index (χ4v) is 6.46. The minimum atomic E-state index is -0.148. The molecule has 40 heavy (non-hydrogen) atoms. The predicted octanol–water partition coefficient (Wildman–Crippen LogP) is 8.64. The molecule has 224 valence electrons. The number of benzene rings is 1. The van der Waals surface area contributed by atoms with Crippen LogP contribution in [0.3, 0.4) is 0 Å². The van der Waals surface area contributed by atoms with Gasteiger partial charge in [0.2, 0.25) is 17.7 Å². The van der Waals surface area contributed by atoms with Crippen LogP contribution in [0.5, 0.6) is 0 Å². The van der Waals surface area contributed by atoms with Gasteiger partial charge < -0.3 is 16.0 Å². The topological polar surface area (TPSA) is 87.3 Å². The highest BCUT2D eigenvalue weighted by Gasteiger charge is 2.34. The maximum atomic E-state index is 13.3. The molecule has 6 nitrogen and oxygen atoms in total. The highest BCUT2D eigenvalue weighted by Crippen LogP contribution is 2.41. The van der Waals surface area contributed by atoms with E-state index in [4.69, 9.17) is 0 Å². The first-order chi connectivity index (χ1) is 18.4. The molecule has 3 amide bonds. The lowest BCUT2D eigenvalue weighted by Gasteiger charge is -2.36. The van der Waals surface area contributed by atoms with E-state index < -0.39 is 0 Å². The van der Waals surface area contributed by atoms with Crippen molar-refractivity contribution in [1.82, 2.24) is 0 Å². The molecule has 0 radical (unpaired) electrons. The van der Waals surface area contributed by atoms with E-state index >= 15 is 0 Å². The van der Waals surface area contributed by atoms with E-state index in [0.29, 0.717) is 35.3 Å². The molecule has 0 atom stereocenters. The Balaban J connectivity index is 1.72. The lowest BCUT2D eigenvalue weighted by Crippen LogP contribution is -2.32. The fraction of sp³-hybridized carbons (Fsp3) is 0.735. The number of rotatable bonds is 6. The summed E-state index contributed by atoms with van der Waals surface area (Å²) < 4.78 is 0. The SMILES string of the molecule is CC(C)(C)CC(=O)Nc1cc(NC(=O)[C@H]2CC[C@H](C(C)(C)C)CC2)cc(NC(=O)[C@H]2CC[C@H](C(C)(C)C)CC2)c1. The Kier molecular flexibility index (Phi) is 10.2. The third-order valence-corrected chi connectivity index (χ3v) is 9.09. The van der Waals surface area contributed by atoms with Gasteiger partial charge in [-0.05, 0) is 97.6 Å². The molecule has 1 aromatic rings. The number of hydrogen-bond donors (Lipinski definition) is 3. The monoisotopic (exact) mass is 553 g/mol. The zero-order valence-corrected chi connectivity index (χ0v) is 26.6. The van der Waals surface area contributed by atoms with Crippen molar-refractivity contribution < 1.29 is 14.4 Å². The lowest BCUT2D eigenvalue weighted by molar-refractivity contribution is -0.122. The standard InChI is InChI=1S/C34H55N3O3/c1-32(2,3)21-29(38)35-26-18-27(36-30(39)22-10-14-24(15-11-22)33(4,5)6)20-28(19-26)37-31(40)23-12-16-25(17-13-23)34(7,8)9/h18-20,22-25H,10-17,21H2,1-9H3,(H,35,38)(H,36,39)(H,37,40)/t22-,23-,24-,25-. The summed E-state index contributed by atoms with van der Waals surface area (Å²) in [6.45, 7) is 19.8. The number of anilines is 3. The van der Waals surface area contributed by atoms with Gasteiger partial charge in [0, 0.05) is 35.3 Å². The van der Waals surface area contributed by atoms with Crippen LogP contribution in [0.15, 0.2) is 18.2 Å². The Bertz CT molecular complexity index is 975. The van der Waals surface area contributed by atoms with Crippen molar-refractivity contribution in [3.8, 4) is 0 Å². The van der Waals surface area contributed by atoms with Crippen molar-refractivity contribution in [3.05, 3.63) is 18.2 Å². The van der Waals surface area contributed by atoms with Crippen LogP contribution >= 0.6 is 0 Å². The minimum absolute atomic E-state index is 0.0170. The van der Waals surface area contributed by atoms with Gasteiger partial charge in [0.25, 0.3) is 0 Å². The van der Waals surface area contributed by atoms with Crippen LogP contribution in [0.1, 0.15) is 120 Å². The van der Waals surface area contributed by atoms with E-state index in [9.17, 15) is 14.4 Å². The van der Waals surface area contributed by atoms with E-state index in [0.717, 1.165) is 51.4 Å². The summed E-state index contributed by atoms with van der Waals surface area (Å²) >= 11 is 0. The Morgan fingerprint density at radius 2 is 0.900 bits per heavy atom. The highest BCUT2D eigenvalue weighted by atomic mass is 16.2. The van der Waals surface area contributed by atoms with E-state index in [1.807, 2.05) is 26.8 Å². The molecule has 0 aliphatic heterocycles. The van der Waals surface area contributed by atoms with E-state index in [1.165, 1.54) is 0 Å². The fourth-order valence-electron chi connectivity index (χ4n) is 6.46. The summed E-state index contributed by atoms with van der Waals surface area (Å²) in [7, 11) is 0. The second-order valence-electron chi connectivity index (χ2n) is 15.9. The van der Waals surface area contributed by atoms with Gasteiger partial charge in [-0.15, -0.1) is 0 Å². The molecular weight excluding hydrogens is 498 g/mol. The van der Waals surface area contributed by atoms with Gasteiger partial charge in [0.05, 0.1) is 0 Å². The van der Waals surface area contributed by atoms with Crippen molar-refractivity contribution in [2.24, 2.45) is 39.9 Å². The van der Waals surface area contributed by atoms with Crippen molar-refractivity contribution in [2.75, 3.05) is 16.0 Å². The Hall–Kier alpha value is -2.37. The van der Waals surface area contributed by atoms with Crippen LogP contribution in [-0.2, 0) is 14.4 Å². The van der Waals surface area contributed by atoms with Crippen LogP contribution in [0, 0.1) is 39.9 Å². The molecule has 1 aromatic carbocycles. The third kappa shape index (κ3) is 9.62. The van der Waals surface area contributed by atoms with Crippen LogP contribution in [0.25, 0.3) is 0 Å². The molecule has 0 heterocycles. The molecule has 2 aliphatic rings. The van der Waals surface area contributed by atoms with Gasteiger partial charge in [0.15, 0.2) is 0 Å². The van der Waals surface area contributed by atoms with Gasteiger partial charge in [-0.1, -0.05) is 62.3 Å². The molecule has 2 fully saturated rings. The highest BCUT2D eigenvalue weighted by molar-refractivity contribution is 5.99. The first-order valence-corrected chi connectivity index (χ1v) is 15.5. The first kappa shape index (κ1) is 32.1. The first-order valence-electron chi connectivity index (χ1n) is 15.5. The maximum Gasteiger partial charge on any atom is 0.227 e. The summed E-state index contributed by atoms with van der Waals surface area (Å²) in [6.07, 6.45) is 8.15. The Labute approximate surface area is 243 Å². The lowest BCUT2D eigenvalue weighted by atomic mass is 9.69. The normalized spacial score (nSPS) is 24.2. The summed E-state index contributed by atoms with van der Waals surface area (Å²) in [5.74, 6) is 1.18. The Morgan fingerprint density at radius 1 is 0.575 bits per heavy atom. The largest absolute Gasteiger partial charge is 0.326 e. The average Bonchev–Trinajstić information content (AvgIpc) is 2.81. The zero-order valence-electron chi connectivity index (χ0n) is 26.6. The molecule has 0 unspecified atom stereocenters. The zero-order chi connectivity index (χ0) is 29.9. The molecule has 3 N–H and O–H groups in total. The van der Waals surface area contributed by atoms with Crippen molar-refractivity contribution >= 4 is 34.8 Å². The van der Waals surface area contributed by atoms with Gasteiger partial charge in [-0.3, -0.25) is 14.4 Å². The summed E-state index contributed by atoms with van der Waals surface area (Å²) in [5, 5.41) is 9.19. The molecule has 0 aromatic heterocycles. The molecule has 2 saturated carbocycles. The summed E-state index contributed by atoms with van der Waals surface area (Å²) in [6, 6.07) is 5.41. The second-order valence-corrected chi connectivity index (χ2v) is 15.9. The third-order valence-electron chi connectivity index (χ3n) is 9.09. The molecular formula is C34H55N3O3. The second kappa shape index (κ2) is 12.7. The minimum Gasteiger partial charge on any atom is -0.326 e. The van der Waals surface area contributed by atoms with Crippen molar-refractivity contribution in [1.29, 1.82) is 0 Å². The number of hydrogen-bond acceptors (Lipinski definition) is 3. The van der Waals surface area contributed by atoms with Crippen molar-refractivity contribution in [2.45, 2.75) is 120 Å². The maximum absolute atomic E-state index is 13.3. The number of carbonyl (C=O) groups excluding carboxylic acids is 3. The number of nitrogens with one attached hydrogen (secondary N) is 3. The molecule has 0 spiro atoms. The number of amides is 3. The van der Waals surface area contributed by atoms with E-state index in [-0.39, 0.29) is 45.8 Å². The molecule has 0 saturated heterocycles. The molecule has 3 rings (SSSR count). The van der Waals surface area contributed by atoms with Crippen LogP contribution in [-0.4, -0.2) is 17.7 Å². The average molecular weight is 554 g/mol. The van der Waals surface area contributed by atoms with Gasteiger partial charge in [0.1, 0.15) is 0 Å². The predicted molar refractivity (Wildman–Crippen MR) is 166 cm³/mol. The Morgan fingerprint density at radius 3 is 1.20 bits per heavy atom. The van der Waals surface area contributed by atoms with E-state index in [2.05, 4.69) is 57.5 Å². The molecule has 0 bridgehead atoms. The number of carbonyl (C=O) groups is 3.